The van der Waals surface area contributed by atoms with Crippen LogP contribution >= 0.6 is 0 Å². The average Bonchev–Trinajstić information content (AvgIpc) is 2.98. The molecular formula is C21H16F3NO3. The van der Waals surface area contributed by atoms with E-state index in [1.807, 2.05) is 6.92 Å². The van der Waals surface area contributed by atoms with Crippen LogP contribution in [0, 0.1) is 11.3 Å². The van der Waals surface area contributed by atoms with Gasteiger partial charge in [-0.2, -0.15) is 18.4 Å². The third-order valence-electron chi connectivity index (χ3n) is 4.54. The number of hydrogen-bond acceptors (Lipinski definition) is 4. The van der Waals surface area contributed by atoms with E-state index < -0.39 is 17.3 Å². The highest BCUT2D eigenvalue weighted by Crippen LogP contribution is 2.37. The second kappa shape index (κ2) is 7.39. The maximum absolute atomic E-state index is 12.9. The number of aliphatic hydroxyl groups is 1. The minimum Gasteiger partial charge on any atom is -0.512 e. The molecule has 28 heavy (non-hydrogen) atoms. The van der Waals surface area contributed by atoms with Crippen LogP contribution in [0.2, 0.25) is 0 Å². The summed E-state index contributed by atoms with van der Waals surface area (Å²) in [5.74, 6) is 0.218. The second-order valence-electron chi connectivity index (χ2n) is 6.34. The summed E-state index contributed by atoms with van der Waals surface area (Å²) in [5.41, 5.74) is 0.0758. The molecule has 0 saturated carbocycles. The van der Waals surface area contributed by atoms with E-state index in [1.165, 1.54) is 6.07 Å². The highest BCUT2D eigenvalue weighted by atomic mass is 19.4. The summed E-state index contributed by atoms with van der Waals surface area (Å²) in [6.07, 6.45) is -3.49. The largest absolute Gasteiger partial charge is 0.512 e. The number of carbonyl (C=O) groups is 1. The molecule has 0 aromatic heterocycles. The first-order chi connectivity index (χ1) is 13.2. The molecule has 0 fully saturated rings. The predicted octanol–water partition coefficient (Wildman–Crippen LogP) is 5.56. The van der Waals surface area contributed by atoms with Gasteiger partial charge in [-0.05, 0) is 47.9 Å². The zero-order valence-electron chi connectivity index (χ0n) is 14.9. The number of halogens is 3. The Hall–Kier alpha value is -3.27. The lowest BCUT2D eigenvalue weighted by Crippen LogP contribution is -2.07. The van der Waals surface area contributed by atoms with Crippen LogP contribution in [0.3, 0.4) is 0 Å². The maximum atomic E-state index is 12.9. The number of alkyl halides is 3. The molecule has 0 atom stereocenters. The molecule has 0 radical (unpaired) electrons. The number of hydrogen-bond donors (Lipinski definition) is 1. The van der Waals surface area contributed by atoms with Crippen molar-refractivity contribution in [2.45, 2.75) is 32.4 Å². The van der Waals surface area contributed by atoms with Crippen molar-refractivity contribution >= 4 is 11.4 Å². The summed E-state index contributed by atoms with van der Waals surface area (Å²) in [7, 11) is 0. The quantitative estimate of drug-likeness (QED) is 0.745. The Labute approximate surface area is 159 Å². The molecule has 0 amide bonds. The second-order valence-corrected chi connectivity index (χ2v) is 6.34. The Kier molecular flexibility index (Phi) is 5.14. The van der Waals surface area contributed by atoms with Crippen LogP contribution in [-0.2, 0) is 17.4 Å². The first-order valence-electron chi connectivity index (χ1n) is 8.62. The number of benzene rings is 2. The van der Waals surface area contributed by atoms with E-state index in [4.69, 9.17) is 10.00 Å². The number of ether oxygens (including phenoxy) is 1. The van der Waals surface area contributed by atoms with Gasteiger partial charge < -0.3 is 9.84 Å². The van der Waals surface area contributed by atoms with Gasteiger partial charge >= 0.3 is 6.18 Å². The summed E-state index contributed by atoms with van der Waals surface area (Å²) in [4.78, 5) is 12.1. The summed E-state index contributed by atoms with van der Waals surface area (Å²) in [5, 5.41) is 19.1. The number of allylic oxidation sites excluding steroid dienone is 2. The lowest BCUT2D eigenvalue weighted by molar-refractivity contribution is -0.137. The van der Waals surface area contributed by atoms with Gasteiger partial charge in [-0.25, -0.2) is 0 Å². The van der Waals surface area contributed by atoms with E-state index in [0.29, 0.717) is 12.0 Å². The van der Waals surface area contributed by atoms with Gasteiger partial charge in [0.05, 0.1) is 22.8 Å². The van der Waals surface area contributed by atoms with Crippen LogP contribution in [0.15, 0.2) is 42.2 Å². The normalized spacial score (nSPS) is 14.3. The van der Waals surface area contributed by atoms with Gasteiger partial charge in [0.1, 0.15) is 17.3 Å². The van der Waals surface area contributed by atoms with E-state index in [0.717, 1.165) is 23.8 Å². The number of aliphatic hydroxyl groups excluding tert-OH is 1. The fourth-order valence-electron chi connectivity index (χ4n) is 3.17. The number of rotatable bonds is 4. The number of nitriles is 1. The number of nitrogens with zero attached hydrogens (tertiary/aromatic N) is 1. The van der Waals surface area contributed by atoms with Crippen molar-refractivity contribution in [2.24, 2.45) is 0 Å². The van der Waals surface area contributed by atoms with E-state index >= 15 is 0 Å². The monoisotopic (exact) mass is 387 g/mol. The molecule has 2 aromatic rings. The van der Waals surface area contributed by atoms with Gasteiger partial charge in [-0.3, -0.25) is 4.79 Å². The molecule has 7 heteroatoms. The molecular weight excluding hydrogens is 371 g/mol. The number of ketones is 1. The molecule has 3 rings (SSSR count). The number of carbonyl (C=O) groups excluding carboxylic acids is 1. The van der Waals surface area contributed by atoms with Gasteiger partial charge in [0.15, 0.2) is 5.78 Å². The van der Waals surface area contributed by atoms with Crippen LogP contribution in [0.5, 0.6) is 11.5 Å². The van der Waals surface area contributed by atoms with Crippen LogP contribution in [0.25, 0.3) is 5.57 Å². The van der Waals surface area contributed by atoms with Gasteiger partial charge in [0.2, 0.25) is 0 Å². The van der Waals surface area contributed by atoms with Crippen LogP contribution in [-0.4, -0.2) is 10.9 Å². The SMILES string of the molecule is CCc1ccc(Oc2ccc(C(F)(F)F)c(C#N)c2)cc1C1=C(O)CCC1=O. The molecule has 1 aliphatic rings. The molecule has 2 aromatic carbocycles. The molecule has 0 spiro atoms. The van der Waals surface area contributed by atoms with Gasteiger partial charge in [-0.15, -0.1) is 0 Å². The first-order valence-corrected chi connectivity index (χ1v) is 8.62. The minimum absolute atomic E-state index is 0.0261. The minimum atomic E-state index is -4.63. The third kappa shape index (κ3) is 3.72. The topological polar surface area (TPSA) is 70.3 Å². The number of aryl methyl sites for hydroxylation is 1. The Balaban J connectivity index is 1.98. The van der Waals surface area contributed by atoms with Crippen molar-refractivity contribution in [1.82, 2.24) is 0 Å². The van der Waals surface area contributed by atoms with Crippen LogP contribution in [0.4, 0.5) is 13.2 Å². The summed E-state index contributed by atoms with van der Waals surface area (Å²) < 4.78 is 44.4. The molecule has 1 N–H and O–H groups in total. The van der Waals surface area contributed by atoms with E-state index in [9.17, 15) is 23.1 Å². The standard InChI is InChI=1S/C21H16F3NO3/c1-2-12-3-4-15(10-16(12)20-18(26)7-8-19(20)27)28-14-5-6-17(21(22,23)24)13(9-14)11-25/h3-6,9-10,26H,2,7-8H2,1H3. The van der Waals surface area contributed by atoms with Gasteiger partial charge in [0.25, 0.3) is 0 Å². The molecule has 0 heterocycles. The van der Waals surface area contributed by atoms with Crippen molar-refractivity contribution in [3.8, 4) is 17.6 Å². The summed E-state index contributed by atoms with van der Waals surface area (Å²) in [6.45, 7) is 1.91. The smallest absolute Gasteiger partial charge is 0.417 e. The van der Waals surface area contributed by atoms with Crippen molar-refractivity contribution in [1.29, 1.82) is 5.26 Å². The maximum Gasteiger partial charge on any atom is 0.417 e. The number of Topliss-reactive ketones (excluding diaryl/α,β-unsaturated/α-hetero) is 1. The first kappa shape index (κ1) is 19.5. The van der Waals surface area contributed by atoms with E-state index in [2.05, 4.69) is 0 Å². The molecule has 144 valence electrons. The molecule has 4 nitrogen and oxygen atoms in total. The summed E-state index contributed by atoms with van der Waals surface area (Å²) >= 11 is 0. The lowest BCUT2D eigenvalue weighted by Gasteiger charge is -2.14. The molecule has 0 aliphatic heterocycles. The van der Waals surface area contributed by atoms with Crippen molar-refractivity contribution in [3.05, 3.63) is 64.4 Å². The van der Waals surface area contributed by atoms with Crippen molar-refractivity contribution in [2.75, 3.05) is 0 Å². The zero-order valence-corrected chi connectivity index (χ0v) is 14.9. The Morgan fingerprint density at radius 1 is 1.14 bits per heavy atom. The third-order valence-corrected chi connectivity index (χ3v) is 4.54. The van der Waals surface area contributed by atoms with Crippen LogP contribution < -0.4 is 4.74 Å². The molecule has 0 saturated heterocycles. The molecule has 0 unspecified atom stereocenters. The highest BCUT2D eigenvalue weighted by molar-refractivity contribution is 6.23. The zero-order chi connectivity index (χ0) is 20.5. The average molecular weight is 387 g/mol. The fraction of sp³-hybridized carbons (Fsp3) is 0.238. The summed E-state index contributed by atoms with van der Waals surface area (Å²) in [6, 6.07) is 9.43. The highest BCUT2D eigenvalue weighted by Gasteiger charge is 2.33. The Bertz CT molecular complexity index is 1020. The van der Waals surface area contributed by atoms with Gasteiger partial charge in [-0.1, -0.05) is 13.0 Å². The van der Waals surface area contributed by atoms with Crippen molar-refractivity contribution < 1.29 is 27.8 Å². The predicted molar refractivity (Wildman–Crippen MR) is 95.8 cm³/mol. The van der Waals surface area contributed by atoms with Gasteiger partial charge in [0, 0.05) is 12.8 Å². The van der Waals surface area contributed by atoms with Crippen molar-refractivity contribution in [3.63, 3.8) is 0 Å². The Morgan fingerprint density at radius 2 is 1.82 bits per heavy atom. The Morgan fingerprint density at radius 3 is 2.39 bits per heavy atom. The fourth-order valence-corrected chi connectivity index (χ4v) is 3.17. The van der Waals surface area contributed by atoms with Crippen LogP contribution in [0.1, 0.15) is 42.0 Å². The molecule has 1 aliphatic carbocycles. The lowest BCUT2D eigenvalue weighted by atomic mass is 9.96. The van der Waals surface area contributed by atoms with E-state index in [1.54, 1.807) is 18.2 Å². The molecule has 0 bridgehead atoms. The van der Waals surface area contributed by atoms with E-state index in [-0.39, 0.29) is 41.5 Å².